The van der Waals surface area contributed by atoms with E-state index in [9.17, 15) is 4.79 Å². The van der Waals surface area contributed by atoms with Crippen molar-refractivity contribution in [2.75, 3.05) is 0 Å². The molecule has 0 atom stereocenters. The quantitative estimate of drug-likeness (QED) is 0.880. The van der Waals surface area contributed by atoms with Crippen LogP contribution in [0.1, 0.15) is 26.5 Å². The van der Waals surface area contributed by atoms with Crippen LogP contribution in [0, 0.1) is 0 Å². The van der Waals surface area contributed by atoms with E-state index in [1.165, 1.54) is 0 Å². The van der Waals surface area contributed by atoms with Gasteiger partial charge in [0, 0.05) is 5.41 Å². The summed E-state index contributed by atoms with van der Waals surface area (Å²) in [4.78, 5) is 19.0. The van der Waals surface area contributed by atoms with E-state index < -0.39 is 0 Å². The molecule has 0 saturated heterocycles. The van der Waals surface area contributed by atoms with Gasteiger partial charge in [0.05, 0.1) is 12.0 Å². The fraction of sp³-hybridized carbons (Fsp3) is 0.333. The SMILES string of the molecule is CC(C)(C)c1nc(-c2ccco2)[nH]c(=O)c1Br. The molecule has 0 fully saturated rings. The van der Waals surface area contributed by atoms with Crippen LogP contribution in [0.15, 0.2) is 32.1 Å². The second-order valence-electron chi connectivity index (χ2n) is 4.80. The molecule has 0 aromatic carbocycles. The van der Waals surface area contributed by atoms with Crippen LogP contribution in [0.25, 0.3) is 11.6 Å². The molecule has 2 heterocycles. The number of aromatic nitrogens is 2. The molecule has 2 aromatic heterocycles. The molecular formula is C12H13BrN2O2. The van der Waals surface area contributed by atoms with E-state index in [1.54, 1.807) is 18.4 Å². The van der Waals surface area contributed by atoms with E-state index in [-0.39, 0.29) is 11.0 Å². The van der Waals surface area contributed by atoms with Crippen molar-refractivity contribution in [3.05, 3.63) is 38.9 Å². The maximum atomic E-state index is 11.8. The number of nitrogens with one attached hydrogen (secondary N) is 1. The number of hydrogen-bond acceptors (Lipinski definition) is 3. The third kappa shape index (κ3) is 2.34. The predicted octanol–water partition coefficient (Wildman–Crippen LogP) is 3.09. The van der Waals surface area contributed by atoms with Crippen LogP contribution < -0.4 is 5.56 Å². The third-order valence-corrected chi connectivity index (χ3v) is 3.06. The van der Waals surface area contributed by atoms with Crippen molar-refractivity contribution in [3.8, 4) is 11.6 Å². The van der Waals surface area contributed by atoms with E-state index >= 15 is 0 Å². The van der Waals surface area contributed by atoms with Crippen LogP contribution in [0.3, 0.4) is 0 Å². The Morgan fingerprint density at radius 3 is 2.65 bits per heavy atom. The van der Waals surface area contributed by atoms with E-state index in [0.717, 1.165) is 0 Å². The molecule has 0 amide bonds. The number of halogens is 1. The van der Waals surface area contributed by atoms with Gasteiger partial charge in [-0.15, -0.1) is 0 Å². The van der Waals surface area contributed by atoms with Crippen molar-refractivity contribution in [2.45, 2.75) is 26.2 Å². The summed E-state index contributed by atoms with van der Waals surface area (Å²) >= 11 is 3.28. The molecule has 0 aliphatic heterocycles. The number of rotatable bonds is 1. The van der Waals surface area contributed by atoms with Gasteiger partial charge in [-0.25, -0.2) is 4.98 Å². The zero-order valence-corrected chi connectivity index (χ0v) is 11.5. The van der Waals surface area contributed by atoms with Gasteiger partial charge in [0.25, 0.3) is 5.56 Å². The van der Waals surface area contributed by atoms with Crippen molar-refractivity contribution in [3.63, 3.8) is 0 Å². The fourth-order valence-corrected chi connectivity index (χ4v) is 2.27. The van der Waals surface area contributed by atoms with E-state index in [2.05, 4.69) is 25.9 Å². The number of hydrogen-bond donors (Lipinski definition) is 1. The third-order valence-electron chi connectivity index (χ3n) is 2.33. The molecule has 0 aliphatic carbocycles. The maximum Gasteiger partial charge on any atom is 0.265 e. The van der Waals surface area contributed by atoms with E-state index in [1.807, 2.05) is 20.8 Å². The molecule has 17 heavy (non-hydrogen) atoms. The largest absolute Gasteiger partial charge is 0.461 e. The second kappa shape index (κ2) is 4.14. The summed E-state index contributed by atoms with van der Waals surface area (Å²) in [5.41, 5.74) is 0.304. The van der Waals surface area contributed by atoms with Gasteiger partial charge in [-0.05, 0) is 28.1 Å². The fourth-order valence-electron chi connectivity index (χ4n) is 1.49. The lowest BCUT2D eigenvalue weighted by Crippen LogP contribution is -2.22. The summed E-state index contributed by atoms with van der Waals surface area (Å²) in [6.07, 6.45) is 1.55. The highest BCUT2D eigenvalue weighted by molar-refractivity contribution is 9.10. The Morgan fingerprint density at radius 1 is 1.41 bits per heavy atom. The Balaban J connectivity index is 2.67. The van der Waals surface area contributed by atoms with Gasteiger partial charge in [-0.3, -0.25) is 4.79 Å². The van der Waals surface area contributed by atoms with E-state index in [4.69, 9.17) is 4.42 Å². The molecule has 0 radical (unpaired) electrons. The monoisotopic (exact) mass is 296 g/mol. The van der Waals surface area contributed by atoms with Crippen LogP contribution in [-0.4, -0.2) is 9.97 Å². The van der Waals surface area contributed by atoms with Crippen LogP contribution >= 0.6 is 15.9 Å². The molecule has 0 saturated carbocycles. The number of aromatic amines is 1. The Bertz CT molecular complexity index is 580. The zero-order valence-electron chi connectivity index (χ0n) is 9.87. The highest BCUT2D eigenvalue weighted by Gasteiger charge is 2.22. The number of furan rings is 1. The van der Waals surface area contributed by atoms with Crippen molar-refractivity contribution in [1.29, 1.82) is 0 Å². The molecule has 0 unspecified atom stereocenters. The van der Waals surface area contributed by atoms with Crippen molar-refractivity contribution in [2.24, 2.45) is 0 Å². The lowest BCUT2D eigenvalue weighted by atomic mass is 9.92. The van der Waals surface area contributed by atoms with Gasteiger partial charge in [0.1, 0.15) is 4.47 Å². The van der Waals surface area contributed by atoms with Gasteiger partial charge < -0.3 is 9.40 Å². The summed E-state index contributed by atoms with van der Waals surface area (Å²) in [6.45, 7) is 6.02. The molecular weight excluding hydrogens is 284 g/mol. The minimum Gasteiger partial charge on any atom is -0.461 e. The normalized spacial score (nSPS) is 11.8. The lowest BCUT2D eigenvalue weighted by Gasteiger charge is -2.19. The van der Waals surface area contributed by atoms with Crippen LogP contribution in [0.2, 0.25) is 0 Å². The summed E-state index contributed by atoms with van der Waals surface area (Å²) in [5, 5.41) is 0. The molecule has 1 N–H and O–H groups in total. The smallest absolute Gasteiger partial charge is 0.265 e. The summed E-state index contributed by atoms with van der Waals surface area (Å²) in [7, 11) is 0. The highest BCUT2D eigenvalue weighted by atomic mass is 79.9. The molecule has 0 bridgehead atoms. The molecule has 5 heteroatoms. The summed E-state index contributed by atoms with van der Waals surface area (Å²) in [5.74, 6) is 1.01. The average Bonchev–Trinajstić information content (AvgIpc) is 2.73. The first-order valence-electron chi connectivity index (χ1n) is 5.24. The molecule has 4 nitrogen and oxygen atoms in total. The molecule has 0 aliphatic rings. The van der Waals surface area contributed by atoms with Crippen molar-refractivity contribution >= 4 is 15.9 Å². The average molecular weight is 297 g/mol. The van der Waals surface area contributed by atoms with Crippen molar-refractivity contribution in [1.82, 2.24) is 9.97 Å². The topological polar surface area (TPSA) is 58.9 Å². The predicted molar refractivity (Wildman–Crippen MR) is 69.0 cm³/mol. The minimum absolute atomic E-state index is 0.198. The second-order valence-corrected chi connectivity index (χ2v) is 5.60. The van der Waals surface area contributed by atoms with Gasteiger partial charge in [-0.1, -0.05) is 20.8 Å². The first-order valence-corrected chi connectivity index (χ1v) is 6.03. The Morgan fingerprint density at radius 2 is 2.12 bits per heavy atom. The molecule has 2 rings (SSSR count). The van der Waals surface area contributed by atoms with Crippen molar-refractivity contribution < 1.29 is 4.42 Å². The van der Waals surface area contributed by atoms with Gasteiger partial charge in [0.15, 0.2) is 11.6 Å². The number of H-pyrrole nitrogens is 1. The Kier molecular flexibility index (Phi) is 2.95. The standard InChI is InChI=1S/C12H13BrN2O2/c1-12(2,3)9-8(13)11(16)15-10(14-9)7-5-4-6-17-7/h4-6H,1-3H3,(H,14,15,16). The molecule has 0 spiro atoms. The lowest BCUT2D eigenvalue weighted by molar-refractivity contribution is 0.552. The zero-order chi connectivity index (χ0) is 12.6. The first-order chi connectivity index (χ1) is 7.89. The highest BCUT2D eigenvalue weighted by Crippen LogP contribution is 2.27. The van der Waals surface area contributed by atoms with Gasteiger partial charge in [0.2, 0.25) is 0 Å². The molecule has 2 aromatic rings. The molecule has 90 valence electrons. The number of nitrogens with zero attached hydrogens (tertiary/aromatic N) is 1. The Hall–Kier alpha value is -1.36. The van der Waals surface area contributed by atoms with Gasteiger partial charge >= 0.3 is 0 Å². The minimum atomic E-state index is -0.214. The maximum absolute atomic E-state index is 11.8. The van der Waals surface area contributed by atoms with E-state index in [0.29, 0.717) is 21.8 Å². The summed E-state index contributed by atoms with van der Waals surface area (Å²) < 4.78 is 5.71. The summed E-state index contributed by atoms with van der Waals surface area (Å²) in [6, 6.07) is 3.52. The van der Waals surface area contributed by atoms with Crippen LogP contribution in [0.5, 0.6) is 0 Å². The Labute approximate surface area is 107 Å². The van der Waals surface area contributed by atoms with Gasteiger partial charge in [-0.2, -0.15) is 0 Å². The van der Waals surface area contributed by atoms with Crippen LogP contribution in [0.4, 0.5) is 0 Å². The van der Waals surface area contributed by atoms with Crippen LogP contribution in [-0.2, 0) is 5.41 Å². The first kappa shape index (κ1) is 12.1.